The van der Waals surface area contributed by atoms with Crippen LogP contribution in [0.15, 0.2) is 18.2 Å². The van der Waals surface area contributed by atoms with E-state index in [9.17, 15) is 4.79 Å². The van der Waals surface area contributed by atoms with E-state index < -0.39 is 0 Å². The molecule has 1 heterocycles. The third-order valence-corrected chi connectivity index (χ3v) is 2.73. The molecule has 1 aliphatic heterocycles. The van der Waals surface area contributed by atoms with Crippen molar-refractivity contribution in [2.75, 3.05) is 0 Å². The molecule has 0 bridgehead atoms. The van der Waals surface area contributed by atoms with Gasteiger partial charge in [0, 0.05) is 12.0 Å². The minimum Gasteiger partial charge on any atom is -0.372 e. The highest BCUT2D eigenvalue weighted by Crippen LogP contribution is 2.25. The predicted octanol–water partition coefficient (Wildman–Crippen LogP) is 3.34. The molecule has 0 aromatic heterocycles. The summed E-state index contributed by atoms with van der Waals surface area (Å²) >= 11 is 0. The van der Waals surface area contributed by atoms with Crippen LogP contribution in [-0.2, 0) is 18.0 Å². The summed E-state index contributed by atoms with van der Waals surface area (Å²) in [5.41, 5.74) is 3.25. The fourth-order valence-electron chi connectivity index (χ4n) is 1.93. The minimum atomic E-state index is 0.0482. The molecule has 2 rings (SSSR count). The van der Waals surface area contributed by atoms with Crippen LogP contribution in [-0.4, -0.2) is 5.78 Å². The van der Waals surface area contributed by atoms with Crippen LogP contribution < -0.4 is 0 Å². The maximum atomic E-state index is 12.0. The summed E-state index contributed by atoms with van der Waals surface area (Å²) < 4.78 is 5.34. The lowest BCUT2D eigenvalue weighted by Crippen LogP contribution is -2.13. The normalized spacial score (nSPS) is 14.9. The van der Waals surface area contributed by atoms with Crippen LogP contribution in [0.5, 0.6) is 0 Å². The Bertz CT molecular complexity index is 413. The number of carbonyl (C=O) groups excluding carboxylic acids is 1. The summed E-state index contributed by atoms with van der Waals surface area (Å²) in [5.74, 6) is 0.224. The van der Waals surface area contributed by atoms with Crippen molar-refractivity contribution in [2.24, 2.45) is 5.41 Å². The SMILES string of the molecule is CC(C)(C)CC(=O)c1ccc2c(c1)COC2. The standard InChI is InChI=1S/C14H18O2/c1-14(2,3)7-13(15)10-4-5-11-8-16-9-12(11)6-10/h4-6H,7-9H2,1-3H3. The van der Waals surface area contributed by atoms with Crippen molar-refractivity contribution < 1.29 is 9.53 Å². The lowest BCUT2D eigenvalue weighted by atomic mass is 9.87. The monoisotopic (exact) mass is 218 g/mol. The molecular formula is C14H18O2. The Morgan fingerprint density at radius 2 is 1.94 bits per heavy atom. The maximum Gasteiger partial charge on any atom is 0.163 e. The summed E-state index contributed by atoms with van der Waals surface area (Å²) in [6.07, 6.45) is 0.590. The smallest absolute Gasteiger partial charge is 0.163 e. The van der Waals surface area contributed by atoms with Crippen LogP contribution in [0.4, 0.5) is 0 Å². The highest BCUT2D eigenvalue weighted by atomic mass is 16.5. The van der Waals surface area contributed by atoms with Gasteiger partial charge in [0.05, 0.1) is 13.2 Å². The first-order chi connectivity index (χ1) is 7.46. The molecule has 86 valence electrons. The Kier molecular flexibility index (Phi) is 2.85. The molecule has 2 heteroatoms. The van der Waals surface area contributed by atoms with E-state index in [0.717, 1.165) is 5.56 Å². The highest BCUT2D eigenvalue weighted by molar-refractivity contribution is 5.96. The molecule has 1 aliphatic rings. The van der Waals surface area contributed by atoms with Crippen LogP contribution in [0, 0.1) is 5.41 Å². The Hall–Kier alpha value is -1.15. The molecule has 0 N–H and O–H groups in total. The largest absolute Gasteiger partial charge is 0.372 e. The number of fused-ring (bicyclic) bond motifs is 1. The zero-order chi connectivity index (χ0) is 11.8. The average Bonchev–Trinajstić information content (AvgIpc) is 2.61. The number of ketones is 1. The summed E-state index contributed by atoms with van der Waals surface area (Å²) in [7, 11) is 0. The fraction of sp³-hybridized carbons (Fsp3) is 0.500. The number of hydrogen-bond donors (Lipinski definition) is 0. The van der Waals surface area contributed by atoms with E-state index in [4.69, 9.17) is 4.74 Å². The van der Waals surface area contributed by atoms with E-state index in [1.54, 1.807) is 0 Å². The molecule has 0 aliphatic carbocycles. The van der Waals surface area contributed by atoms with Gasteiger partial charge < -0.3 is 4.74 Å². The van der Waals surface area contributed by atoms with Crippen molar-refractivity contribution in [1.29, 1.82) is 0 Å². The molecular weight excluding hydrogens is 200 g/mol. The molecule has 0 saturated carbocycles. The summed E-state index contributed by atoms with van der Waals surface area (Å²) in [4.78, 5) is 12.0. The molecule has 16 heavy (non-hydrogen) atoms. The lowest BCUT2D eigenvalue weighted by Gasteiger charge is -2.16. The van der Waals surface area contributed by atoms with Gasteiger partial charge in [0.1, 0.15) is 0 Å². The van der Waals surface area contributed by atoms with Gasteiger partial charge in [0.25, 0.3) is 0 Å². The summed E-state index contributed by atoms with van der Waals surface area (Å²) in [6, 6.07) is 5.91. The molecule has 0 amide bonds. The van der Waals surface area contributed by atoms with Crippen molar-refractivity contribution >= 4 is 5.78 Å². The quantitative estimate of drug-likeness (QED) is 0.712. The van der Waals surface area contributed by atoms with Gasteiger partial charge in [-0.25, -0.2) is 0 Å². The van der Waals surface area contributed by atoms with Crippen molar-refractivity contribution in [2.45, 2.75) is 40.4 Å². The second-order valence-corrected chi connectivity index (χ2v) is 5.64. The van der Waals surface area contributed by atoms with E-state index in [1.807, 2.05) is 18.2 Å². The van der Waals surface area contributed by atoms with Gasteiger partial charge in [0.2, 0.25) is 0 Å². The van der Waals surface area contributed by atoms with Gasteiger partial charge in [-0.3, -0.25) is 4.79 Å². The first kappa shape index (κ1) is 11.3. The van der Waals surface area contributed by atoms with Crippen LogP contribution in [0.25, 0.3) is 0 Å². The fourth-order valence-corrected chi connectivity index (χ4v) is 1.93. The van der Waals surface area contributed by atoms with E-state index in [0.29, 0.717) is 19.6 Å². The van der Waals surface area contributed by atoms with Crippen LogP contribution in [0.1, 0.15) is 48.7 Å². The van der Waals surface area contributed by atoms with Crippen LogP contribution >= 0.6 is 0 Å². The second kappa shape index (κ2) is 4.02. The first-order valence-electron chi connectivity index (χ1n) is 5.68. The Balaban J connectivity index is 2.19. The van der Waals surface area contributed by atoms with Gasteiger partial charge >= 0.3 is 0 Å². The molecule has 1 aromatic rings. The summed E-state index contributed by atoms with van der Waals surface area (Å²) in [6.45, 7) is 7.58. The van der Waals surface area contributed by atoms with Crippen molar-refractivity contribution in [1.82, 2.24) is 0 Å². The molecule has 0 atom stereocenters. The Morgan fingerprint density at radius 1 is 1.25 bits per heavy atom. The molecule has 0 spiro atoms. The van der Waals surface area contributed by atoms with E-state index >= 15 is 0 Å². The van der Waals surface area contributed by atoms with Crippen LogP contribution in [0.3, 0.4) is 0 Å². The molecule has 0 radical (unpaired) electrons. The van der Waals surface area contributed by atoms with Gasteiger partial charge in [0.15, 0.2) is 5.78 Å². The number of Topliss-reactive ketones (excluding diaryl/α,β-unsaturated/α-hetero) is 1. The number of rotatable bonds is 2. The van der Waals surface area contributed by atoms with Gasteiger partial charge in [-0.2, -0.15) is 0 Å². The van der Waals surface area contributed by atoms with Crippen molar-refractivity contribution in [3.8, 4) is 0 Å². The topological polar surface area (TPSA) is 26.3 Å². The third kappa shape index (κ3) is 2.50. The third-order valence-electron chi connectivity index (χ3n) is 2.73. The highest BCUT2D eigenvalue weighted by Gasteiger charge is 2.19. The zero-order valence-electron chi connectivity index (χ0n) is 10.2. The molecule has 0 saturated heterocycles. The van der Waals surface area contributed by atoms with E-state index in [1.165, 1.54) is 11.1 Å². The lowest BCUT2D eigenvalue weighted by molar-refractivity contribution is 0.0939. The Morgan fingerprint density at radius 3 is 2.62 bits per heavy atom. The van der Waals surface area contributed by atoms with Crippen molar-refractivity contribution in [3.05, 3.63) is 34.9 Å². The summed E-state index contributed by atoms with van der Waals surface area (Å²) in [5, 5.41) is 0. The van der Waals surface area contributed by atoms with Crippen LogP contribution in [0.2, 0.25) is 0 Å². The average molecular weight is 218 g/mol. The zero-order valence-corrected chi connectivity index (χ0v) is 10.2. The minimum absolute atomic E-state index is 0.0482. The van der Waals surface area contributed by atoms with Gasteiger partial charge in [-0.15, -0.1) is 0 Å². The molecule has 2 nitrogen and oxygen atoms in total. The van der Waals surface area contributed by atoms with Crippen molar-refractivity contribution in [3.63, 3.8) is 0 Å². The van der Waals surface area contributed by atoms with Gasteiger partial charge in [-0.05, 0) is 22.6 Å². The van der Waals surface area contributed by atoms with Gasteiger partial charge in [-0.1, -0.05) is 32.9 Å². The van der Waals surface area contributed by atoms with E-state index in [-0.39, 0.29) is 11.2 Å². The van der Waals surface area contributed by atoms with E-state index in [2.05, 4.69) is 20.8 Å². The second-order valence-electron chi connectivity index (χ2n) is 5.64. The number of benzene rings is 1. The number of hydrogen-bond acceptors (Lipinski definition) is 2. The predicted molar refractivity (Wildman–Crippen MR) is 63.3 cm³/mol. The Labute approximate surface area is 96.6 Å². The molecule has 0 unspecified atom stereocenters. The maximum absolute atomic E-state index is 12.0. The number of carbonyl (C=O) groups is 1. The first-order valence-corrected chi connectivity index (χ1v) is 5.68. The number of ether oxygens (including phenoxy) is 1. The molecule has 0 fully saturated rings. The molecule has 1 aromatic carbocycles.